The maximum absolute atomic E-state index is 12.5. The maximum Gasteiger partial charge on any atom is 0.344 e. The molecular weight excluding hydrogens is 458 g/mol. The molecule has 1 aliphatic rings. The molecule has 196 valence electrons. The molecule has 0 atom stereocenters. The van der Waals surface area contributed by atoms with Gasteiger partial charge in [-0.15, -0.1) is 0 Å². The van der Waals surface area contributed by atoms with E-state index in [1.165, 1.54) is 0 Å². The topological polar surface area (TPSA) is 106 Å². The van der Waals surface area contributed by atoms with Gasteiger partial charge in [-0.3, -0.25) is 9.68 Å². The van der Waals surface area contributed by atoms with Crippen molar-refractivity contribution < 1.29 is 19.4 Å². The fraction of sp³-hybridized carbons (Fsp3) is 0.556. The van der Waals surface area contributed by atoms with Crippen molar-refractivity contribution in [2.24, 2.45) is 5.41 Å². The van der Waals surface area contributed by atoms with E-state index in [1.807, 2.05) is 38.1 Å². The van der Waals surface area contributed by atoms with Gasteiger partial charge in [-0.05, 0) is 68.9 Å². The second-order valence-corrected chi connectivity index (χ2v) is 11.1. The highest BCUT2D eigenvalue weighted by Crippen LogP contribution is 2.29. The lowest BCUT2D eigenvalue weighted by atomic mass is 9.84. The molecule has 0 unspecified atom stereocenters. The summed E-state index contributed by atoms with van der Waals surface area (Å²) in [6.45, 7) is 12.1. The van der Waals surface area contributed by atoms with Crippen molar-refractivity contribution in [3.8, 4) is 0 Å². The first-order valence-electron chi connectivity index (χ1n) is 12.6. The van der Waals surface area contributed by atoms with E-state index in [0.29, 0.717) is 17.6 Å². The molecule has 9 nitrogen and oxygen atoms in total. The maximum atomic E-state index is 12.5. The number of anilines is 2. The van der Waals surface area contributed by atoms with Gasteiger partial charge >= 0.3 is 5.97 Å². The van der Waals surface area contributed by atoms with Gasteiger partial charge < -0.3 is 15.5 Å². The molecule has 1 saturated heterocycles. The molecule has 2 N–H and O–H groups in total. The molecule has 1 aliphatic heterocycles. The van der Waals surface area contributed by atoms with Gasteiger partial charge in [-0.2, -0.15) is 4.89 Å². The van der Waals surface area contributed by atoms with E-state index in [1.54, 1.807) is 18.5 Å². The van der Waals surface area contributed by atoms with Crippen molar-refractivity contribution in [1.29, 1.82) is 0 Å². The van der Waals surface area contributed by atoms with Gasteiger partial charge in [0.2, 0.25) is 5.95 Å². The minimum atomic E-state index is -0.582. The lowest BCUT2D eigenvalue weighted by molar-refractivity contribution is -0.329. The number of rotatable bonds is 10. The van der Waals surface area contributed by atoms with Crippen molar-refractivity contribution in [1.82, 2.24) is 15.3 Å². The first-order chi connectivity index (χ1) is 17.0. The highest BCUT2D eigenvalue weighted by Gasteiger charge is 2.29. The number of nitrogens with zero attached hydrogens (tertiary/aromatic N) is 3. The Morgan fingerprint density at radius 1 is 1.03 bits per heavy atom. The Kier molecular flexibility index (Phi) is 9.25. The number of nitrogens with one attached hydrogen (secondary N) is 2. The molecule has 2 heterocycles. The van der Waals surface area contributed by atoms with Crippen LogP contribution in [0.25, 0.3) is 0 Å². The Bertz CT molecular complexity index is 981. The second kappa shape index (κ2) is 12.2. The summed E-state index contributed by atoms with van der Waals surface area (Å²) in [5.74, 6) is -0.0741. The molecular formula is C27H39N5O4. The Hall–Kier alpha value is -3.20. The zero-order valence-electron chi connectivity index (χ0n) is 22.0. The van der Waals surface area contributed by atoms with Crippen LogP contribution >= 0.6 is 0 Å². The number of aromatic nitrogens is 2. The SMILES string of the molecule is CC(C)(C)CC(C)(C)OOC(=O)CCNC(=O)c1ccc(N2CCC(Nc3ncccn3)CC2)cc1. The van der Waals surface area contributed by atoms with Gasteiger partial charge in [-0.25, -0.2) is 14.8 Å². The van der Waals surface area contributed by atoms with Crippen LogP contribution < -0.4 is 15.5 Å². The molecule has 0 bridgehead atoms. The molecule has 0 spiro atoms. The summed E-state index contributed by atoms with van der Waals surface area (Å²) in [5, 5.41) is 6.15. The normalized spacial score (nSPS) is 14.9. The Labute approximate surface area is 213 Å². The molecule has 3 rings (SSSR count). The van der Waals surface area contributed by atoms with E-state index in [0.717, 1.165) is 38.0 Å². The number of carbonyl (C=O) groups excluding carboxylic acids is 2. The lowest BCUT2D eigenvalue weighted by Crippen LogP contribution is -2.39. The number of piperidine rings is 1. The minimum Gasteiger partial charge on any atom is -0.371 e. The molecule has 1 amide bonds. The molecule has 1 aromatic heterocycles. The van der Waals surface area contributed by atoms with Crippen LogP contribution in [-0.2, 0) is 14.6 Å². The average Bonchev–Trinajstić information content (AvgIpc) is 2.83. The molecule has 0 radical (unpaired) electrons. The van der Waals surface area contributed by atoms with Gasteiger partial charge in [0.05, 0.1) is 6.42 Å². The van der Waals surface area contributed by atoms with E-state index in [9.17, 15) is 9.59 Å². The van der Waals surface area contributed by atoms with Gasteiger partial charge in [0.1, 0.15) is 5.60 Å². The Morgan fingerprint density at radius 2 is 1.67 bits per heavy atom. The zero-order valence-corrected chi connectivity index (χ0v) is 22.0. The first kappa shape index (κ1) is 27.4. The smallest absolute Gasteiger partial charge is 0.344 e. The third-order valence-corrected chi connectivity index (χ3v) is 5.82. The van der Waals surface area contributed by atoms with Crippen LogP contribution in [0.1, 0.15) is 70.7 Å². The van der Waals surface area contributed by atoms with Crippen LogP contribution in [0.3, 0.4) is 0 Å². The van der Waals surface area contributed by atoms with Crippen molar-refractivity contribution in [2.75, 3.05) is 29.9 Å². The summed E-state index contributed by atoms with van der Waals surface area (Å²) >= 11 is 0. The standard InChI is InChI=1S/C27H39N5O4/c1-26(2,3)19-27(4,5)36-35-23(33)11-16-28-24(34)20-7-9-22(10-8-20)32-17-12-21(13-18-32)31-25-29-14-6-15-30-25/h6-10,14-15,21H,11-13,16-19H2,1-5H3,(H,28,34)(H,29,30,31). The van der Waals surface area contributed by atoms with Crippen LogP contribution in [0, 0.1) is 5.41 Å². The third-order valence-electron chi connectivity index (χ3n) is 5.82. The number of amides is 1. The average molecular weight is 498 g/mol. The molecule has 0 aliphatic carbocycles. The highest BCUT2D eigenvalue weighted by atomic mass is 17.2. The molecule has 0 saturated carbocycles. The fourth-order valence-electron chi connectivity index (χ4n) is 4.55. The summed E-state index contributed by atoms with van der Waals surface area (Å²) in [6, 6.07) is 9.68. The van der Waals surface area contributed by atoms with Crippen molar-refractivity contribution in [3.05, 3.63) is 48.3 Å². The third kappa shape index (κ3) is 9.11. The fourth-order valence-corrected chi connectivity index (χ4v) is 4.55. The number of hydrogen-bond donors (Lipinski definition) is 2. The van der Waals surface area contributed by atoms with E-state index in [4.69, 9.17) is 9.78 Å². The molecule has 2 aromatic rings. The van der Waals surface area contributed by atoms with Crippen molar-refractivity contribution in [3.63, 3.8) is 0 Å². The summed E-state index contributed by atoms with van der Waals surface area (Å²) in [6.07, 6.45) is 6.20. The number of hydrogen-bond acceptors (Lipinski definition) is 8. The molecule has 1 fully saturated rings. The van der Waals surface area contributed by atoms with Gasteiger partial charge in [0, 0.05) is 49.3 Å². The Balaban J connectivity index is 1.37. The van der Waals surface area contributed by atoms with Crippen LogP contribution in [0.4, 0.5) is 11.6 Å². The monoisotopic (exact) mass is 497 g/mol. The summed E-state index contributed by atoms with van der Waals surface area (Å²) < 4.78 is 0. The molecule has 9 heteroatoms. The molecule has 1 aromatic carbocycles. The summed E-state index contributed by atoms with van der Waals surface area (Å²) in [4.78, 5) is 45.5. The quantitative estimate of drug-likeness (QED) is 0.368. The lowest BCUT2D eigenvalue weighted by Gasteiger charge is -2.34. The number of benzene rings is 1. The largest absolute Gasteiger partial charge is 0.371 e. The van der Waals surface area contributed by atoms with Gasteiger partial charge in [-0.1, -0.05) is 20.8 Å². The van der Waals surface area contributed by atoms with Crippen LogP contribution in [0.5, 0.6) is 0 Å². The van der Waals surface area contributed by atoms with E-state index in [-0.39, 0.29) is 24.3 Å². The zero-order chi connectivity index (χ0) is 26.2. The van der Waals surface area contributed by atoms with Crippen LogP contribution in [0.15, 0.2) is 42.7 Å². The van der Waals surface area contributed by atoms with E-state index in [2.05, 4.69) is 46.3 Å². The van der Waals surface area contributed by atoms with Gasteiger partial charge in [0.25, 0.3) is 5.91 Å². The predicted molar refractivity (Wildman–Crippen MR) is 140 cm³/mol. The summed E-state index contributed by atoms with van der Waals surface area (Å²) in [5.41, 5.74) is 1.10. The Morgan fingerprint density at radius 3 is 2.28 bits per heavy atom. The predicted octanol–water partition coefficient (Wildman–Crippen LogP) is 4.37. The number of carbonyl (C=O) groups is 2. The second-order valence-electron chi connectivity index (χ2n) is 11.1. The van der Waals surface area contributed by atoms with Crippen molar-refractivity contribution in [2.45, 2.75) is 71.9 Å². The summed E-state index contributed by atoms with van der Waals surface area (Å²) in [7, 11) is 0. The first-order valence-corrected chi connectivity index (χ1v) is 12.6. The minimum absolute atomic E-state index is 0.0341. The van der Waals surface area contributed by atoms with Crippen LogP contribution in [0.2, 0.25) is 0 Å². The molecule has 36 heavy (non-hydrogen) atoms. The van der Waals surface area contributed by atoms with Crippen LogP contribution in [-0.4, -0.2) is 53.1 Å². The highest BCUT2D eigenvalue weighted by molar-refractivity contribution is 5.94. The van der Waals surface area contributed by atoms with Gasteiger partial charge in [0.15, 0.2) is 0 Å². The van der Waals surface area contributed by atoms with E-state index < -0.39 is 11.6 Å². The van der Waals surface area contributed by atoms with E-state index >= 15 is 0 Å². The van der Waals surface area contributed by atoms with Crippen molar-refractivity contribution >= 4 is 23.5 Å².